The van der Waals surface area contributed by atoms with Crippen LogP contribution in [0.15, 0.2) is 174 Å². The lowest BCUT2D eigenvalue weighted by atomic mass is 9.66. The molecule has 3 heterocycles. The Bertz CT molecular complexity index is 3140. The number of hydrogen-bond acceptors (Lipinski definition) is 4. The van der Waals surface area contributed by atoms with E-state index in [2.05, 4.69) is 170 Å². The van der Waals surface area contributed by atoms with Crippen molar-refractivity contribution in [3.63, 3.8) is 0 Å². The number of aryl methyl sites for hydroxylation is 1. The predicted molar refractivity (Wildman–Crippen MR) is 223 cm³/mol. The molecule has 10 aromatic rings. The Balaban J connectivity index is 1.16. The molecule has 0 unspecified atom stereocenters. The van der Waals surface area contributed by atoms with Crippen molar-refractivity contribution in [3.05, 3.63) is 198 Å². The van der Waals surface area contributed by atoms with Gasteiger partial charge in [-0.1, -0.05) is 121 Å². The van der Waals surface area contributed by atoms with Gasteiger partial charge < -0.3 is 14.1 Å². The molecule has 1 spiro atoms. The van der Waals surface area contributed by atoms with Gasteiger partial charge in [-0.05, 0) is 77.2 Å². The van der Waals surface area contributed by atoms with Crippen LogP contribution in [0.2, 0.25) is 0 Å². The van der Waals surface area contributed by atoms with E-state index in [1.54, 1.807) is 0 Å². The highest BCUT2D eigenvalue weighted by molar-refractivity contribution is 7.25. The molecule has 1 aliphatic heterocycles. The minimum absolute atomic E-state index is 0.571. The number of hydrogen-bond donors (Lipinski definition) is 0. The van der Waals surface area contributed by atoms with Crippen molar-refractivity contribution >= 4 is 70.5 Å². The molecule has 8 aromatic carbocycles. The number of nitrogens with zero attached hydrogens (tertiary/aromatic N) is 1. The van der Waals surface area contributed by atoms with Crippen LogP contribution < -0.4 is 9.64 Å². The average Bonchev–Trinajstić information content (AvgIpc) is 3.87. The van der Waals surface area contributed by atoms with E-state index in [1.807, 2.05) is 23.5 Å². The van der Waals surface area contributed by atoms with Crippen molar-refractivity contribution in [2.45, 2.75) is 12.3 Å². The quantitative estimate of drug-likeness (QED) is 0.183. The van der Waals surface area contributed by atoms with Crippen molar-refractivity contribution in [1.29, 1.82) is 0 Å². The van der Waals surface area contributed by atoms with Crippen molar-refractivity contribution in [2.24, 2.45) is 0 Å². The molecule has 0 amide bonds. The Kier molecular flexibility index (Phi) is 6.07. The minimum atomic E-state index is -0.571. The first-order valence-electron chi connectivity index (χ1n) is 18.4. The van der Waals surface area contributed by atoms with Crippen LogP contribution in [-0.4, -0.2) is 0 Å². The third-order valence-electron chi connectivity index (χ3n) is 11.7. The summed E-state index contributed by atoms with van der Waals surface area (Å²) in [7, 11) is 0. The van der Waals surface area contributed by atoms with Crippen LogP contribution in [0.1, 0.15) is 27.8 Å². The second-order valence-corrected chi connectivity index (χ2v) is 15.5. The third-order valence-corrected chi connectivity index (χ3v) is 12.8. The summed E-state index contributed by atoms with van der Waals surface area (Å²) < 4.78 is 16.3. The van der Waals surface area contributed by atoms with Gasteiger partial charge in [0.15, 0.2) is 5.58 Å². The summed E-state index contributed by atoms with van der Waals surface area (Å²) in [5.74, 6) is 1.74. The zero-order valence-electron chi connectivity index (χ0n) is 29.3. The van der Waals surface area contributed by atoms with Crippen molar-refractivity contribution in [2.75, 3.05) is 4.90 Å². The molecule has 0 N–H and O–H groups in total. The van der Waals surface area contributed by atoms with Crippen LogP contribution in [0.3, 0.4) is 0 Å². The number of anilines is 3. The van der Waals surface area contributed by atoms with Crippen molar-refractivity contribution < 1.29 is 9.15 Å². The van der Waals surface area contributed by atoms with E-state index in [9.17, 15) is 0 Å². The molecule has 2 aliphatic rings. The molecule has 1 aliphatic carbocycles. The average molecular weight is 710 g/mol. The highest BCUT2D eigenvalue weighted by Gasteiger charge is 2.51. The topological polar surface area (TPSA) is 25.6 Å². The molecule has 54 heavy (non-hydrogen) atoms. The molecule has 254 valence electrons. The number of benzene rings is 8. The molecule has 2 aromatic heterocycles. The number of rotatable bonds is 3. The summed E-state index contributed by atoms with van der Waals surface area (Å²) in [6.45, 7) is 2.17. The Morgan fingerprint density at radius 2 is 1.15 bits per heavy atom. The van der Waals surface area contributed by atoms with E-state index in [0.29, 0.717) is 0 Å². The van der Waals surface area contributed by atoms with Gasteiger partial charge in [0.2, 0.25) is 0 Å². The summed E-state index contributed by atoms with van der Waals surface area (Å²) in [5.41, 5.74) is 12.8. The summed E-state index contributed by atoms with van der Waals surface area (Å²) in [4.78, 5) is 2.33. The number of fused-ring (bicyclic) bond motifs is 15. The maximum atomic E-state index is 7.18. The highest BCUT2D eigenvalue weighted by Crippen LogP contribution is 2.63. The predicted octanol–water partition coefficient (Wildman–Crippen LogP) is 14.2. The second kappa shape index (κ2) is 11.0. The Labute approximate surface area is 315 Å². The van der Waals surface area contributed by atoms with E-state index in [0.717, 1.165) is 61.6 Å². The molecule has 12 rings (SSSR count). The van der Waals surface area contributed by atoms with Crippen LogP contribution in [0.4, 0.5) is 17.1 Å². The standard InChI is InChI=1S/C50H31NO2S/c1-30-13-2-9-21-42(30)51(43-22-12-18-36-34-16-5-10-23-44(34)53-49(36)43)31-25-26-40-45(27-31)52-46-29-48-37(35-17-6-11-24-47(35)54-48)28-41(46)50(40)38-19-7-3-14-32(38)33-15-4-8-20-39(33)50/h2-29H,1H3. The fourth-order valence-corrected chi connectivity index (χ4v) is 10.5. The first-order chi connectivity index (χ1) is 26.7. The van der Waals surface area contributed by atoms with Crippen LogP contribution in [0.5, 0.6) is 11.5 Å². The van der Waals surface area contributed by atoms with Gasteiger partial charge in [0.1, 0.15) is 17.1 Å². The molecule has 0 saturated heterocycles. The molecular weight excluding hydrogens is 679 g/mol. The molecule has 3 nitrogen and oxygen atoms in total. The minimum Gasteiger partial charge on any atom is -0.457 e. The fourth-order valence-electron chi connectivity index (χ4n) is 9.38. The van der Waals surface area contributed by atoms with Gasteiger partial charge in [-0.2, -0.15) is 0 Å². The van der Waals surface area contributed by atoms with E-state index >= 15 is 0 Å². The maximum absolute atomic E-state index is 7.18. The molecule has 0 atom stereocenters. The van der Waals surface area contributed by atoms with Gasteiger partial charge in [0.05, 0.1) is 16.8 Å². The first kappa shape index (κ1) is 29.9. The third kappa shape index (κ3) is 3.90. The van der Waals surface area contributed by atoms with Gasteiger partial charge in [0.25, 0.3) is 0 Å². The summed E-state index contributed by atoms with van der Waals surface area (Å²) >= 11 is 1.83. The Morgan fingerprint density at radius 1 is 0.481 bits per heavy atom. The van der Waals surface area contributed by atoms with Crippen LogP contribution in [-0.2, 0) is 5.41 Å². The fraction of sp³-hybridized carbons (Fsp3) is 0.0400. The molecule has 4 heteroatoms. The summed E-state index contributed by atoms with van der Waals surface area (Å²) in [6.07, 6.45) is 0. The summed E-state index contributed by atoms with van der Waals surface area (Å²) in [6, 6.07) is 61.4. The van der Waals surface area contributed by atoms with E-state index in [4.69, 9.17) is 9.15 Å². The van der Waals surface area contributed by atoms with Gasteiger partial charge >= 0.3 is 0 Å². The molecule has 0 fully saturated rings. The van der Waals surface area contributed by atoms with Crippen molar-refractivity contribution in [1.82, 2.24) is 0 Å². The van der Waals surface area contributed by atoms with Gasteiger partial charge in [-0.3, -0.25) is 0 Å². The van der Waals surface area contributed by atoms with Crippen LogP contribution >= 0.6 is 11.3 Å². The zero-order valence-corrected chi connectivity index (χ0v) is 30.2. The highest BCUT2D eigenvalue weighted by atomic mass is 32.1. The number of ether oxygens (including phenoxy) is 1. The lowest BCUT2D eigenvalue weighted by Crippen LogP contribution is -2.32. The van der Waals surface area contributed by atoms with E-state index < -0.39 is 5.41 Å². The molecule has 0 radical (unpaired) electrons. The first-order valence-corrected chi connectivity index (χ1v) is 19.2. The lowest BCUT2D eigenvalue weighted by molar-refractivity contribution is 0.437. The number of thiophene rings is 1. The Hall–Kier alpha value is -6.62. The van der Waals surface area contributed by atoms with Gasteiger partial charge in [-0.25, -0.2) is 0 Å². The van der Waals surface area contributed by atoms with Crippen LogP contribution in [0.25, 0.3) is 53.2 Å². The van der Waals surface area contributed by atoms with Crippen LogP contribution in [0, 0.1) is 6.92 Å². The monoisotopic (exact) mass is 709 g/mol. The van der Waals surface area contributed by atoms with Crippen molar-refractivity contribution in [3.8, 4) is 22.6 Å². The zero-order chi connectivity index (χ0) is 35.5. The normalized spacial score (nSPS) is 13.6. The summed E-state index contributed by atoms with van der Waals surface area (Å²) in [5, 5.41) is 4.75. The molecule has 0 saturated carbocycles. The number of furan rings is 1. The lowest BCUT2D eigenvalue weighted by Gasteiger charge is -2.40. The Morgan fingerprint density at radius 3 is 1.98 bits per heavy atom. The van der Waals surface area contributed by atoms with Gasteiger partial charge in [-0.15, -0.1) is 11.3 Å². The smallest absolute Gasteiger partial charge is 0.159 e. The maximum Gasteiger partial charge on any atom is 0.159 e. The number of para-hydroxylation sites is 3. The van der Waals surface area contributed by atoms with E-state index in [1.165, 1.54) is 48.0 Å². The van der Waals surface area contributed by atoms with E-state index in [-0.39, 0.29) is 0 Å². The van der Waals surface area contributed by atoms with Gasteiger partial charge in [0, 0.05) is 53.8 Å². The largest absolute Gasteiger partial charge is 0.457 e. The molecular formula is C50H31NO2S. The SMILES string of the molecule is Cc1ccccc1N(c1ccc2c(c1)Oc1cc3sc4ccccc4c3cc1C21c2ccccc2-c2ccccc21)c1cccc2c1oc1ccccc12. The second-order valence-electron chi connectivity index (χ2n) is 14.4. The molecule has 0 bridgehead atoms.